The second kappa shape index (κ2) is 4.66. The molecule has 0 spiro atoms. The molecule has 0 fully saturated rings. The smallest absolute Gasteiger partial charge is 0.143 e. The van der Waals surface area contributed by atoms with Gasteiger partial charge in [0, 0.05) is 4.90 Å². The Labute approximate surface area is 115 Å². The largest absolute Gasteiger partial charge is 0.280 e. The summed E-state index contributed by atoms with van der Waals surface area (Å²) in [5, 5.41) is 8.13. The summed E-state index contributed by atoms with van der Waals surface area (Å²) in [7, 11) is 0. The number of nitrogens with one attached hydrogen (secondary N) is 1. The quantitative estimate of drug-likeness (QED) is 0.725. The van der Waals surface area contributed by atoms with Crippen molar-refractivity contribution >= 4 is 22.8 Å². The topological polar surface area (TPSA) is 54.5 Å². The van der Waals surface area contributed by atoms with Crippen LogP contribution in [0.25, 0.3) is 11.0 Å². The van der Waals surface area contributed by atoms with Crippen molar-refractivity contribution in [1.82, 2.24) is 20.2 Å². The molecule has 2 heterocycles. The predicted octanol–water partition coefficient (Wildman–Crippen LogP) is 3.43. The van der Waals surface area contributed by atoms with E-state index in [-0.39, 0.29) is 0 Å². The van der Waals surface area contributed by atoms with E-state index >= 15 is 0 Å². The molecule has 0 radical (unpaired) electrons. The summed E-state index contributed by atoms with van der Waals surface area (Å²) in [6, 6.07) is 6.42. The van der Waals surface area contributed by atoms with Gasteiger partial charge in [0.2, 0.25) is 0 Å². The molecular weight excluding hydrogens is 256 g/mol. The third-order valence-corrected chi connectivity index (χ3v) is 4.15. The van der Waals surface area contributed by atoms with E-state index in [1.165, 1.54) is 16.0 Å². The van der Waals surface area contributed by atoms with Gasteiger partial charge in [0.15, 0.2) is 0 Å². The SMILES string of the molecule is Cc1ccc(Sc2ncnc3c(C)[nH]nc23)cc1C. The summed E-state index contributed by atoms with van der Waals surface area (Å²) < 4.78 is 0. The lowest BCUT2D eigenvalue weighted by atomic mass is 10.1. The highest BCUT2D eigenvalue weighted by molar-refractivity contribution is 7.99. The normalized spacial score (nSPS) is 11.1. The number of hydrogen-bond acceptors (Lipinski definition) is 4. The molecule has 0 saturated carbocycles. The first-order valence-electron chi connectivity index (χ1n) is 6.06. The number of benzene rings is 1. The fourth-order valence-electron chi connectivity index (χ4n) is 1.89. The zero-order valence-corrected chi connectivity index (χ0v) is 11.9. The third-order valence-electron chi connectivity index (χ3n) is 3.17. The highest BCUT2D eigenvalue weighted by Gasteiger charge is 2.10. The molecule has 3 aromatic rings. The molecule has 3 rings (SSSR count). The Morgan fingerprint density at radius 1 is 1.00 bits per heavy atom. The lowest BCUT2D eigenvalue weighted by Gasteiger charge is -2.04. The van der Waals surface area contributed by atoms with E-state index < -0.39 is 0 Å². The van der Waals surface area contributed by atoms with Gasteiger partial charge in [-0.05, 0) is 44.0 Å². The Morgan fingerprint density at radius 2 is 1.84 bits per heavy atom. The molecule has 1 N–H and O–H groups in total. The maximum absolute atomic E-state index is 4.34. The van der Waals surface area contributed by atoms with Gasteiger partial charge < -0.3 is 0 Å². The van der Waals surface area contributed by atoms with Crippen LogP contribution in [0.15, 0.2) is 34.4 Å². The maximum Gasteiger partial charge on any atom is 0.143 e. The van der Waals surface area contributed by atoms with E-state index in [0.717, 1.165) is 21.8 Å². The number of aromatic nitrogens is 4. The molecule has 0 bridgehead atoms. The first-order chi connectivity index (χ1) is 9.15. The van der Waals surface area contributed by atoms with E-state index in [1.54, 1.807) is 18.1 Å². The average Bonchev–Trinajstić information content (AvgIpc) is 2.77. The van der Waals surface area contributed by atoms with Gasteiger partial charge in [0.25, 0.3) is 0 Å². The van der Waals surface area contributed by atoms with E-state index in [9.17, 15) is 0 Å². The minimum Gasteiger partial charge on any atom is -0.280 e. The first-order valence-corrected chi connectivity index (χ1v) is 6.87. The minimum absolute atomic E-state index is 0.836. The van der Waals surface area contributed by atoms with Crippen molar-refractivity contribution in [3.05, 3.63) is 41.3 Å². The van der Waals surface area contributed by atoms with Crippen LogP contribution in [0, 0.1) is 20.8 Å². The lowest BCUT2D eigenvalue weighted by molar-refractivity contribution is 1.04. The molecule has 4 nitrogen and oxygen atoms in total. The number of H-pyrrole nitrogens is 1. The van der Waals surface area contributed by atoms with Crippen LogP contribution in [0.1, 0.15) is 16.8 Å². The minimum atomic E-state index is 0.836. The fraction of sp³-hybridized carbons (Fsp3) is 0.214. The van der Waals surface area contributed by atoms with Gasteiger partial charge in [-0.1, -0.05) is 17.8 Å². The highest BCUT2D eigenvalue weighted by Crippen LogP contribution is 2.31. The summed E-state index contributed by atoms with van der Waals surface area (Å²) in [4.78, 5) is 9.76. The number of aryl methyl sites for hydroxylation is 3. The Bertz CT molecular complexity index is 748. The molecule has 2 aromatic heterocycles. The van der Waals surface area contributed by atoms with Crippen molar-refractivity contribution in [3.8, 4) is 0 Å². The molecule has 0 amide bonds. The van der Waals surface area contributed by atoms with Crippen LogP contribution in [-0.4, -0.2) is 20.2 Å². The standard InChI is InChI=1S/C14H14N4S/c1-8-4-5-11(6-9(8)2)19-14-13-12(15-7-16-14)10(3)17-18-13/h4-7H,1-3H3,(H,17,18). The summed E-state index contributed by atoms with van der Waals surface area (Å²) in [5.41, 5.74) is 5.28. The zero-order valence-electron chi connectivity index (χ0n) is 11.1. The molecule has 0 atom stereocenters. The Morgan fingerprint density at radius 3 is 2.63 bits per heavy atom. The van der Waals surface area contributed by atoms with Gasteiger partial charge in [-0.3, -0.25) is 5.10 Å². The number of fused-ring (bicyclic) bond motifs is 1. The number of aromatic amines is 1. The van der Waals surface area contributed by atoms with Gasteiger partial charge in [-0.15, -0.1) is 0 Å². The van der Waals surface area contributed by atoms with Gasteiger partial charge in [-0.25, -0.2) is 9.97 Å². The summed E-state index contributed by atoms with van der Waals surface area (Å²) in [6.07, 6.45) is 1.59. The number of nitrogens with zero attached hydrogens (tertiary/aromatic N) is 3. The van der Waals surface area contributed by atoms with Crippen LogP contribution >= 0.6 is 11.8 Å². The van der Waals surface area contributed by atoms with Crippen molar-refractivity contribution in [3.63, 3.8) is 0 Å². The second-order valence-electron chi connectivity index (χ2n) is 4.57. The average molecular weight is 270 g/mol. The molecule has 19 heavy (non-hydrogen) atoms. The van der Waals surface area contributed by atoms with Gasteiger partial charge in [-0.2, -0.15) is 5.10 Å². The van der Waals surface area contributed by atoms with Crippen molar-refractivity contribution in [2.45, 2.75) is 30.7 Å². The van der Waals surface area contributed by atoms with Crippen LogP contribution in [0.5, 0.6) is 0 Å². The van der Waals surface area contributed by atoms with Crippen molar-refractivity contribution < 1.29 is 0 Å². The molecule has 0 saturated heterocycles. The molecule has 5 heteroatoms. The summed E-state index contributed by atoms with van der Waals surface area (Å²) in [5.74, 6) is 0. The molecule has 0 unspecified atom stereocenters. The molecular formula is C14H14N4S. The first kappa shape index (κ1) is 12.2. The van der Waals surface area contributed by atoms with E-state index in [2.05, 4.69) is 52.2 Å². The van der Waals surface area contributed by atoms with Crippen LogP contribution in [0.4, 0.5) is 0 Å². The van der Waals surface area contributed by atoms with Crippen LogP contribution in [0.3, 0.4) is 0 Å². The zero-order chi connectivity index (χ0) is 13.4. The van der Waals surface area contributed by atoms with Gasteiger partial charge in [0.05, 0.1) is 5.69 Å². The predicted molar refractivity (Wildman–Crippen MR) is 76.5 cm³/mol. The van der Waals surface area contributed by atoms with Crippen molar-refractivity contribution in [2.75, 3.05) is 0 Å². The molecule has 0 aliphatic carbocycles. The lowest BCUT2D eigenvalue weighted by Crippen LogP contribution is -1.87. The third kappa shape index (κ3) is 2.21. The Kier molecular flexibility index (Phi) is 2.98. The van der Waals surface area contributed by atoms with E-state index in [1.807, 2.05) is 6.92 Å². The van der Waals surface area contributed by atoms with Crippen LogP contribution in [0.2, 0.25) is 0 Å². The number of hydrogen-bond donors (Lipinski definition) is 1. The molecule has 1 aromatic carbocycles. The summed E-state index contributed by atoms with van der Waals surface area (Å²) >= 11 is 1.62. The van der Waals surface area contributed by atoms with E-state index in [4.69, 9.17) is 0 Å². The maximum atomic E-state index is 4.34. The summed E-state index contributed by atoms with van der Waals surface area (Å²) in [6.45, 7) is 6.20. The van der Waals surface area contributed by atoms with Crippen LogP contribution < -0.4 is 0 Å². The highest BCUT2D eigenvalue weighted by atomic mass is 32.2. The molecule has 0 aliphatic heterocycles. The van der Waals surface area contributed by atoms with E-state index in [0.29, 0.717) is 0 Å². The van der Waals surface area contributed by atoms with Crippen molar-refractivity contribution in [2.24, 2.45) is 0 Å². The molecule has 0 aliphatic rings. The monoisotopic (exact) mass is 270 g/mol. The Balaban J connectivity index is 2.03. The van der Waals surface area contributed by atoms with Crippen molar-refractivity contribution in [1.29, 1.82) is 0 Å². The van der Waals surface area contributed by atoms with Gasteiger partial charge in [0.1, 0.15) is 22.4 Å². The fourth-order valence-corrected chi connectivity index (χ4v) is 2.83. The second-order valence-corrected chi connectivity index (χ2v) is 5.63. The molecule has 96 valence electrons. The number of rotatable bonds is 2. The Hall–Kier alpha value is -1.88. The van der Waals surface area contributed by atoms with Gasteiger partial charge >= 0.3 is 0 Å². The van der Waals surface area contributed by atoms with Crippen LogP contribution in [-0.2, 0) is 0 Å².